The molecular weight excluding hydrogens is 240 g/mol. The minimum Gasteiger partial charge on any atom is -0.338 e. The molecule has 19 heavy (non-hydrogen) atoms. The van der Waals surface area contributed by atoms with Gasteiger partial charge in [0.15, 0.2) is 5.69 Å². The van der Waals surface area contributed by atoms with Gasteiger partial charge in [-0.3, -0.25) is 9.89 Å². The zero-order valence-electron chi connectivity index (χ0n) is 11.1. The lowest BCUT2D eigenvalue weighted by Crippen LogP contribution is -2.31. The van der Waals surface area contributed by atoms with Gasteiger partial charge in [-0.25, -0.2) is 0 Å². The van der Waals surface area contributed by atoms with E-state index in [0.29, 0.717) is 17.8 Å². The highest BCUT2D eigenvalue weighted by Gasteiger charge is 2.19. The number of amides is 1. The van der Waals surface area contributed by atoms with Gasteiger partial charge in [-0.2, -0.15) is 10.4 Å². The molecule has 0 aliphatic heterocycles. The van der Waals surface area contributed by atoms with Crippen molar-refractivity contribution in [2.45, 2.75) is 20.3 Å². The summed E-state index contributed by atoms with van der Waals surface area (Å²) in [5, 5.41) is 16.5. The molecule has 0 spiro atoms. The Hall–Kier alpha value is -2.35. The van der Waals surface area contributed by atoms with Crippen LogP contribution in [0.25, 0.3) is 10.9 Å². The monoisotopic (exact) mass is 256 g/mol. The Morgan fingerprint density at radius 2 is 2.26 bits per heavy atom. The molecule has 2 rings (SSSR count). The van der Waals surface area contributed by atoms with Crippen LogP contribution < -0.4 is 0 Å². The van der Waals surface area contributed by atoms with E-state index in [4.69, 9.17) is 5.26 Å². The Balaban J connectivity index is 2.40. The van der Waals surface area contributed by atoms with Crippen LogP contribution in [0.3, 0.4) is 0 Å². The third-order valence-corrected chi connectivity index (χ3v) is 3.06. The molecule has 1 amide bonds. The molecule has 1 aromatic heterocycles. The van der Waals surface area contributed by atoms with Gasteiger partial charge in [-0.1, -0.05) is 6.92 Å². The largest absolute Gasteiger partial charge is 0.338 e. The molecule has 0 saturated heterocycles. The number of aromatic amines is 1. The van der Waals surface area contributed by atoms with Gasteiger partial charge >= 0.3 is 0 Å². The number of carbonyl (C=O) groups is 1. The van der Waals surface area contributed by atoms with Gasteiger partial charge in [0.25, 0.3) is 5.91 Å². The van der Waals surface area contributed by atoms with Gasteiger partial charge in [-0.05, 0) is 31.5 Å². The molecule has 1 heterocycles. The second-order valence-corrected chi connectivity index (χ2v) is 4.33. The van der Waals surface area contributed by atoms with Gasteiger partial charge in [0.2, 0.25) is 0 Å². The minimum atomic E-state index is -0.0692. The minimum absolute atomic E-state index is 0.0692. The second kappa shape index (κ2) is 5.53. The van der Waals surface area contributed by atoms with Crippen molar-refractivity contribution >= 4 is 16.8 Å². The highest BCUT2D eigenvalue weighted by Crippen LogP contribution is 2.18. The maximum atomic E-state index is 12.4. The Morgan fingerprint density at radius 1 is 1.47 bits per heavy atom. The van der Waals surface area contributed by atoms with Crippen LogP contribution in [-0.2, 0) is 0 Å². The maximum absolute atomic E-state index is 12.4. The van der Waals surface area contributed by atoms with Crippen molar-refractivity contribution in [3.63, 3.8) is 0 Å². The molecule has 0 aliphatic carbocycles. The van der Waals surface area contributed by atoms with E-state index in [1.165, 1.54) is 0 Å². The Kier molecular flexibility index (Phi) is 3.81. The molecule has 98 valence electrons. The number of nitrogens with zero attached hydrogens (tertiary/aromatic N) is 3. The number of nitriles is 1. The van der Waals surface area contributed by atoms with Crippen LogP contribution in [0.4, 0.5) is 0 Å². The van der Waals surface area contributed by atoms with Crippen molar-refractivity contribution in [1.29, 1.82) is 5.26 Å². The molecular formula is C14H16N4O. The van der Waals surface area contributed by atoms with Crippen LogP contribution >= 0.6 is 0 Å². The molecule has 5 heteroatoms. The summed E-state index contributed by atoms with van der Waals surface area (Å²) in [5.74, 6) is -0.0692. The van der Waals surface area contributed by atoms with Gasteiger partial charge in [-0.15, -0.1) is 0 Å². The van der Waals surface area contributed by atoms with E-state index < -0.39 is 0 Å². The molecule has 0 fully saturated rings. The van der Waals surface area contributed by atoms with Crippen LogP contribution in [0.1, 0.15) is 36.3 Å². The third-order valence-electron chi connectivity index (χ3n) is 3.06. The molecule has 0 bridgehead atoms. The van der Waals surface area contributed by atoms with Gasteiger partial charge in [0, 0.05) is 18.5 Å². The summed E-state index contributed by atoms with van der Waals surface area (Å²) in [5.41, 5.74) is 1.70. The first-order chi connectivity index (χ1) is 9.21. The van der Waals surface area contributed by atoms with Crippen molar-refractivity contribution in [3.05, 3.63) is 29.5 Å². The van der Waals surface area contributed by atoms with Crippen LogP contribution in [-0.4, -0.2) is 34.1 Å². The van der Waals surface area contributed by atoms with Gasteiger partial charge in [0.1, 0.15) is 0 Å². The SMILES string of the molecule is CCCN(CC)C(=O)c1n[nH]c2cc(C#N)ccc12. The molecule has 1 N–H and O–H groups in total. The fraction of sp³-hybridized carbons (Fsp3) is 0.357. The number of hydrogen-bond acceptors (Lipinski definition) is 3. The lowest BCUT2D eigenvalue weighted by molar-refractivity contribution is 0.0760. The average molecular weight is 256 g/mol. The van der Waals surface area contributed by atoms with Gasteiger partial charge in [0.05, 0.1) is 17.1 Å². The fourth-order valence-electron chi connectivity index (χ4n) is 2.08. The van der Waals surface area contributed by atoms with Crippen LogP contribution in [0.2, 0.25) is 0 Å². The number of rotatable bonds is 4. The van der Waals surface area contributed by atoms with Crippen LogP contribution in [0, 0.1) is 11.3 Å². The highest BCUT2D eigenvalue weighted by molar-refractivity contribution is 6.04. The molecule has 1 aromatic carbocycles. The smallest absolute Gasteiger partial charge is 0.274 e. The predicted molar refractivity (Wildman–Crippen MR) is 72.7 cm³/mol. The Labute approximate surface area is 111 Å². The summed E-state index contributed by atoms with van der Waals surface area (Å²) in [6, 6.07) is 7.24. The summed E-state index contributed by atoms with van der Waals surface area (Å²) in [6.45, 7) is 5.38. The summed E-state index contributed by atoms with van der Waals surface area (Å²) < 4.78 is 0. The maximum Gasteiger partial charge on any atom is 0.274 e. The summed E-state index contributed by atoms with van der Waals surface area (Å²) in [7, 11) is 0. The Bertz CT molecular complexity index is 638. The summed E-state index contributed by atoms with van der Waals surface area (Å²) >= 11 is 0. The molecule has 5 nitrogen and oxygen atoms in total. The molecule has 0 radical (unpaired) electrons. The highest BCUT2D eigenvalue weighted by atomic mass is 16.2. The lowest BCUT2D eigenvalue weighted by atomic mass is 10.1. The van der Waals surface area contributed by atoms with Crippen molar-refractivity contribution in [1.82, 2.24) is 15.1 Å². The third kappa shape index (κ3) is 2.43. The number of aromatic nitrogens is 2. The van der Waals surface area contributed by atoms with Crippen LogP contribution in [0.5, 0.6) is 0 Å². The quantitative estimate of drug-likeness (QED) is 0.912. The molecule has 0 unspecified atom stereocenters. The van der Waals surface area contributed by atoms with E-state index >= 15 is 0 Å². The number of H-pyrrole nitrogens is 1. The first kappa shape index (κ1) is 13.1. The number of nitrogens with one attached hydrogen (secondary N) is 1. The molecule has 0 aliphatic rings. The first-order valence-corrected chi connectivity index (χ1v) is 6.38. The molecule has 0 atom stereocenters. The van der Waals surface area contributed by atoms with E-state index in [-0.39, 0.29) is 5.91 Å². The Morgan fingerprint density at radius 3 is 2.89 bits per heavy atom. The molecule has 2 aromatic rings. The van der Waals surface area contributed by atoms with E-state index in [1.54, 1.807) is 23.1 Å². The first-order valence-electron chi connectivity index (χ1n) is 6.38. The number of benzene rings is 1. The van der Waals surface area contributed by atoms with Crippen LogP contribution in [0.15, 0.2) is 18.2 Å². The summed E-state index contributed by atoms with van der Waals surface area (Å²) in [6.07, 6.45) is 0.917. The van der Waals surface area contributed by atoms with E-state index in [9.17, 15) is 4.79 Å². The number of hydrogen-bond donors (Lipinski definition) is 1. The zero-order chi connectivity index (χ0) is 13.8. The van der Waals surface area contributed by atoms with Crippen molar-refractivity contribution in [3.8, 4) is 6.07 Å². The van der Waals surface area contributed by atoms with Gasteiger partial charge < -0.3 is 4.90 Å². The fourth-order valence-corrected chi connectivity index (χ4v) is 2.08. The predicted octanol–water partition coefficient (Wildman–Crippen LogP) is 2.31. The van der Waals surface area contributed by atoms with E-state index in [2.05, 4.69) is 16.3 Å². The zero-order valence-corrected chi connectivity index (χ0v) is 11.1. The second-order valence-electron chi connectivity index (χ2n) is 4.33. The topological polar surface area (TPSA) is 72.8 Å². The normalized spacial score (nSPS) is 10.4. The number of fused-ring (bicyclic) bond motifs is 1. The standard InChI is InChI=1S/C14H16N4O/c1-3-7-18(4-2)14(19)13-11-6-5-10(9-15)8-12(11)16-17-13/h5-6,8H,3-4,7H2,1-2H3,(H,16,17). The average Bonchev–Trinajstić information content (AvgIpc) is 2.86. The summed E-state index contributed by atoms with van der Waals surface area (Å²) in [4.78, 5) is 14.1. The van der Waals surface area contributed by atoms with E-state index in [0.717, 1.165) is 23.9 Å². The number of carbonyl (C=O) groups excluding carboxylic acids is 1. The lowest BCUT2D eigenvalue weighted by Gasteiger charge is -2.18. The van der Waals surface area contributed by atoms with Crippen molar-refractivity contribution < 1.29 is 4.79 Å². The van der Waals surface area contributed by atoms with Crippen molar-refractivity contribution in [2.24, 2.45) is 0 Å². The van der Waals surface area contributed by atoms with Crippen molar-refractivity contribution in [2.75, 3.05) is 13.1 Å². The molecule has 0 saturated carbocycles. The van der Waals surface area contributed by atoms with E-state index in [1.807, 2.05) is 13.8 Å².